The fourth-order valence-corrected chi connectivity index (χ4v) is 1.97. The Hall–Kier alpha value is -2.70. The molecule has 0 aliphatic rings. The molecule has 21 heavy (non-hydrogen) atoms. The van der Waals surface area contributed by atoms with Crippen molar-refractivity contribution in [3.8, 4) is 5.75 Å². The van der Waals surface area contributed by atoms with Crippen molar-refractivity contribution in [3.05, 3.63) is 47.8 Å². The first-order chi connectivity index (χ1) is 10.2. The highest BCUT2D eigenvalue weighted by atomic mass is 19.1. The van der Waals surface area contributed by atoms with Crippen LogP contribution in [0.1, 0.15) is 5.56 Å². The Morgan fingerprint density at radius 2 is 2.14 bits per heavy atom. The molecule has 108 valence electrons. The van der Waals surface area contributed by atoms with E-state index in [1.807, 2.05) is 0 Å². The number of halogens is 2. The zero-order valence-electron chi connectivity index (χ0n) is 11.2. The third kappa shape index (κ3) is 2.49. The molecule has 0 aliphatic carbocycles. The molecule has 0 fully saturated rings. The van der Waals surface area contributed by atoms with Crippen LogP contribution in [0, 0.1) is 11.6 Å². The molecule has 0 amide bonds. The van der Waals surface area contributed by atoms with Crippen molar-refractivity contribution in [1.29, 1.82) is 0 Å². The van der Waals surface area contributed by atoms with Gasteiger partial charge in [-0.05, 0) is 18.2 Å². The van der Waals surface area contributed by atoms with Gasteiger partial charge in [-0.3, -0.25) is 5.10 Å². The molecule has 5 nitrogen and oxygen atoms in total. The maximum absolute atomic E-state index is 14.0. The monoisotopic (exact) mass is 290 g/mol. The van der Waals surface area contributed by atoms with Crippen LogP contribution < -0.4 is 10.1 Å². The highest BCUT2D eigenvalue weighted by molar-refractivity contribution is 5.74. The van der Waals surface area contributed by atoms with Crippen LogP contribution in [0.25, 0.3) is 11.0 Å². The Kier molecular flexibility index (Phi) is 3.39. The summed E-state index contributed by atoms with van der Waals surface area (Å²) in [6.45, 7) is -0.224. The second kappa shape index (κ2) is 5.35. The molecule has 1 aromatic carbocycles. The van der Waals surface area contributed by atoms with Gasteiger partial charge in [0.2, 0.25) is 0 Å². The summed E-state index contributed by atoms with van der Waals surface area (Å²) in [4.78, 5) is 4.09. The second-order valence-electron chi connectivity index (χ2n) is 4.41. The van der Waals surface area contributed by atoms with Gasteiger partial charge in [0.25, 0.3) is 0 Å². The van der Waals surface area contributed by atoms with Crippen molar-refractivity contribution in [2.24, 2.45) is 0 Å². The fraction of sp³-hybridized carbons (Fsp3) is 0.143. The van der Waals surface area contributed by atoms with E-state index >= 15 is 0 Å². The van der Waals surface area contributed by atoms with Gasteiger partial charge >= 0.3 is 0 Å². The molecule has 7 heteroatoms. The van der Waals surface area contributed by atoms with Crippen LogP contribution in [0.2, 0.25) is 0 Å². The lowest BCUT2D eigenvalue weighted by Crippen LogP contribution is -2.05. The summed E-state index contributed by atoms with van der Waals surface area (Å²) in [5.74, 6) is -0.892. The average molecular weight is 290 g/mol. The molecule has 0 radical (unpaired) electrons. The van der Waals surface area contributed by atoms with Gasteiger partial charge in [-0.2, -0.15) is 5.10 Å². The number of rotatable bonds is 4. The zero-order valence-corrected chi connectivity index (χ0v) is 11.2. The standard InChI is InChI=1S/C14H12F2N4O/c1-17-12-3-2-11(15)10(13(12)16)7-21-9-4-8-5-19-20-14(8)18-6-9/h2-6,17H,7H2,1H3,(H,18,19,20). The average Bonchev–Trinajstić information content (AvgIpc) is 2.95. The summed E-state index contributed by atoms with van der Waals surface area (Å²) >= 11 is 0. The van der Waals surface area contributed by atoms with Gasteiger partial charge in [0.1, 0.15) is 18.2 Å². The van der Waals surface area contributed by atoms with Crippen LogP contribution in [0.4, 0.5) is 14.5 Å². The lowest BCUT2D eigenvalue weighted by Gasteiger charge is -2.10. The Balaban J connectivity index is 1.84. The van der Waals surface area contributed by atoms with Crippen molar-refractivity contribution < 1.29 is 13.5 Å². The number of fused-ring (bicyclic) bond motifs is 1. The van der Waals surface area contributed by atoms with E-state index in [9.17, 15) is 8.78 Å². The topological polar surface area (TPSA) is 62.8 Å². The van der Waals surface area contributed by atoms with Crippen molar-refractivity contribution in [2.75, 3.05) is 12.4 Å². The smallest absolute Gasteiger partial charge is 0.155 e. The number of hydrogen-bond donors (Lipinski definition) is 2. The molecule has 0 atom stereocenters. The van der Waals surface area contributed by atoms with E-state index in [2.05, 4.69) is 20.5 Å². The fourth-order valence-electron chi connectivity index (χ4n) is 1.97. The molecule has 2 aromatic heterocycles. The summed E-state index contributed by atoms with van der Waals surface area (Å²) in [6.07, 6.45) is 3.07. The van der Waals surface area contributed by atoms with Crippen molar-refractivity contribution in [3.63, 3.8) is 0 Å². The van der Waals surface area contributed by atoms with E-state index in [0.717, 1.165) is 5.39 Å². The normalized spacial score (nSPS) is 10.8. The summed E-state index contributed by atoms with van der Waals surface area (Å²) in [6, 6.07) is 4.24. The summed E-state index contributed by atoms with van der Waals surface area (Å²) in [5.41, 5.74) is 0.712. The minimum Gasteiger partial charge on any atom is -0.487 e. The number of nitrogens with one attached hydrogen (secondary N) is 2. The van der Waals surface area contributed by atoms with Gasteiger partial charge in [0, 0.05) is 12.4 Å². The van der Waals surface area contributed by atoms with Crippen molar-refractivity contribution in [1.82, 2.24) is 15.2 Å². The Bertz CT molecular complexity index is 788. The predicted molar refractivity (Wildman–Crippen MR) is 74.1 cm³/mol. The van der Waals surface area contributed by atoms with Gasteiger partial charge in [-0.1, -0.05) is 0 Å². The molecule has 2 heterocycles. The van der Waals surface area contributed by atoms with Crippen molar-refractivity contribution in [2.45, 2.75) is 6.61 Å². The van der Waals surface area contributed by atoms with Gasteiger partial charge in [0.05, 0.1) is 23.6 Å². The van der Waals surface area contributed by atoms with E-state index in [1.54, 1.807) is 19.3 Å². The number of H-pyrrole nitrogens is 1. The summed E-state index contributed by atoms with van der Waals surface area (Å²) < 4.78 is 33.1. The van der Waals surface area contributed by atoms with Crippen LogP contribution in [-0.4, -0.2) is 22.2 Å². The number of hydrogen-bond acceptors (Lipinski definition) is 4. The van der Waals surface area contributed by atoms with E-state index in [1.165, 1.54) is 18.3 Å². The van der Waals surface area contributed by atoms with Crippen LogP contribution in [0.3, 0.4) is 0 Å². The summed E-state index contributed by atoms with van der Waals surface area (Å²) in [7, 11) is 1.57. The van der Waals surface area contributed by atoms with Gasteiger partial charge in [0.15, 0.2) is 11.5 Å². The molecular formula is C14H12F2N4O. The van der Waals surface area contributed by atoms with Crippen LogP contribution >= 0.6 is 0 Å². The van der Waals surface area contributed by atoms with Gasteiger partial charge in [-0.15, -0.1) is 0 Å². The Morgan fingerprint density at radius 3 is 2.95 bits per heavy atom. The molecule has 0 unspecified atom stereocenters. The second-order valence-corrected chi connectivity index (χ2v) is 4.41. The van der Waals surface area contributed by atoms with E-state index < -0.39 is 11.6 Å². The third-order valence-corrected chi connectivity index (χ3v) is 3.10. The molecular weight excluding hydrogens is 278 g/mol. The maximum Gasteiger partial charge on any atom is 0.155 e. The number of nitrogens with zero attached hydrogens (tertiary/aromatic N) is 2. The lowest BCUT2D eigenvalue weighted by atomic mass is 10.2. The molecule has 0 saturated heterocycles. The summed E-state index contributed by atoms with van der Waals surface area (Å²) in [5, 5.41) is 9.97. The number of anilines is 1. The SMILES string of the molecule is CNc1ccc(F)c(COc2cnc3[nH]ncc3c2)c1F. The molecule has 3 aromatic rings. The molecule has 0 bridgehead atoms. The molecule has 3 rings (SSSR count). The lowest BCUT2D eigenvalue weighted by molar-refractivity contribution is 0.292. The Labute approximate surface area is 119 Å². The number of ether oxygens (including phenoxy) is 1. The van der Waals surface area contributed by atoms with E-state index in [-0.39, 0.29) is 17.9 Å². The van der Waals surface area contributed by atoms with Gasteiger partial charge < -0.3 is 10.1 Å². The Morgan fingerprint density at radius 1 is 1.29 bits per heavy atom. The van der Waals surface area contributed by atoms with Crippen molar-refractivity contribution >= 4 is 16.7 Å². The van der Waals surface area contributed by atoms with E-state index in [0.29, 0.717) is 11.4 Å². The highest BCUT2D eigenvalue weighted by Gasteiger charge is 2.14. The first kappa shape index (κ1) is 13.3. The highest BCUT2D eigenvalue weighted by Crippen LogP contribution is 2.23. The maximum atomic E-state index is 14.0. The third-order valence-electron chi connectivity index (χ3n) is 3.10. The first-order valence-electron chi connectivity index (χ1n) is 6.25. The molecule has 0 spiro atoms. The van der Waals surface area contributed by atoms with Gasteiger partial charge in [-0.25, -0.2) is 13.8 Å². The van der Waals surface area contributed by atoms with Crippen LogP contribution in [-0.2, 0) is 6.61 Å². The number of aromatic amines is 1. The largest absolute Gasteiger partial charge is 0.487 e. The minimum absolute atomic E-state index is 0.130. The molecule has 0 saturated carbocycles. The number of benzene rings is 1. The quantitative estimate of drug-likeness (QED) is 0.775. The number of pyridine rings is 1. The first-order valence-corrected chi connectivity index (χ1v) is 6.25. The van der Waals surface area contributed by atoms with Crippen LogP contribution in [0.5, 0.6) is 5.75 Å². The van der Waals surface area contributed by atoms with E-state index in [4.69, 9.17) is 4.74 Å². The van der Waals surface area contributed by atoms with Crippen LogP contribution in [0.15, 0.2) is 30.6 Å². The zero-order chi connectivity index (χ0) is 14.8. The molecule has 2 N–H and O–H groups in total. The minimum atomic E-state index is -0.658. The predicted octanol–water partition coefficient (Wildman–Crippen LogP) is 2.86. The number of aromatic nitrogens is 3. The molecule has 0 aliphatic heterocycles.